The molecule has 0 aliphatic carbocycles. The van der Waals surface area contributed by atoms with Gasteiger partial charge in [-0.25, -0.2) is 0 Å². The lowest BCUT2D eigenvalue weighted by atomic mass is 9.97. The minimum atomic E-state index is -4.51. The van der Waals surface area contributed by atoms with Crippen LogP contribution in [0, 0.1) is 5.92 Å². The minimum Gasteiger partial charge on any atom is -0.338 e. The van der Waals surface area contributed by atoms with Gasteiger partial charge in [-0.05, 0) is 18.7 Å². The molecule has 1 aliphatic heterocycles. The average molecular weight is 258 g/mol. The van der Waals surface area contributed by atoms with Crippen molar-refractivity contribution in [3.05, 3.63) is 35.4 Å². The van der Waals surface area contributed by atoms with E-state index < -0.39 is 17.6 Å². The van der Waals surface area contributed by atoms with Crippen LogP contribution in [0.2, 0.25) is 0 Å². The fourth-order valence-corrected chi connectivity index (χ4v) is 1.97. The molecule has 2 N–H and O–H groups in total. The van der Waals surface area contributed by atoms with Crippen LogP contribution in [0.15, 0.2) is 24.3 Å². The number of hydrogen-bond donors (Lipinski definition) is 1. The Morgan fingerprint density at radius 2 is 1.94 bits per heavy atom. The molecule has 0 unspecified atom stereocenters. The van der Waals surface area contributed by atoms with Crippen LogP contribution < -0.4 is 5.73 Å². The van der Waals surface area contributed by atoms with Gasteiger partial charge in [0.2, 0.25) is 0 Å². The van der Waals surface area contributed by atoms with Gasteiger partial charge in [-0.3, -0.25) is 4.79 Å². The summed E-state index contributed by atoms with van der Waals surface area (Å²) in [6, 6.07) is 4.84. The number of benzene rings is 1. The van der Waals surface area contributed by atoms with Crippen molar-refractivity contribution in [2.24, 2.45) is 11.7 Å². The highest BCUT2D eigenvalue weighted by molar-refractivity contribution is 5.96. The maximum Gasteiger partial charge on any atom is 0.417 e. The summed E-state index contributed by atoms with van der Waals surface area (Å²) in [6.45, 7) is 1.31. The molecule has 0 aromatic heterocycles. The summed E-state index contributed by atoms with van der Waals surface area (Å²) in [6.07, 6.45) is -4.51. The molecule has 1 saturated heterocycles. The molecule has 1 aromatic rings. The SMILES string of the molecule is NCC1CN(C(=O)c2ccccc2C(F)(F)F)C1. The molecule has 2 rings (SSSR count). The number of likely N-dealkylation sites (tertiary alicyclic amines) is 1. The summed E-state index contributed by atoms with van der Waals surface area (Å²) in [5.41, 5.74) is 4.24. The second-order valence-corrected chi connectivity index (χ2v) is 4.36. The standard InChI is InChI=1S/C12H13F3N2O/c13-12(14,15)10-4-2-1-3-9(10)11(18)17-6-8(5-16)7-17/h1-4,8H,5-7,16H2. The summed E-state index contributed by atoms with van der Waals surface area (Å²) >= 11 is 0. The first-order chi connectivity index (χ1) is 8.43. The van der Waals surface area contributed by atoms with Gasteiger partial charge in [-0.15, -0.1) is 0 Å². The smallest absolute Gasteiger partial charge is 0.338 e. The van der Waals surface area contributed by atoms with Crippen molar-refractivity contribution < 1.29 is 18.0 Å². The van der Waals surface area contributed by atoms with E-state index in [1.165, 1.54) is 23.1 Å². The van der Waals surface area contributed by atoms with Crippen molar-refractivity contribution in [1.82, 2.24) is 4.90 Å². The minimum absolute atomic E-state index is 0.201. The van der Waals surface area contributed by atoms with E-state index in [1.54, 1.807) is 0 Å². The zero-order valence-electron chi connectivity index (χ0n) is 9.57. The molecule has 0 saturated carbocycles. The van der Waals surface area contributed by atoms with E-state index in [4.69, 9.17) is 5.73 Å². The molecule has 98 valence electrons. The summed E-state index contributed by atoms with van der Waals surface area (Å²) in [5, 5.41) is 0. The molecule has 1 fully saturated rings. The third kappa shape index (κ3) is 2.33. The Balaban J connectivity index is 2.21. The maximum absolute atomic E-state index is 12.7. The van der Waals surface area contributed by atoms with Crippen molar-refractivity contribution in [2.45, 2.75) is 6.18 Å². The lowest BCUT2D eigenvalue weighted by molar-refractivity contribution is -0.138. The van der Waals surface area contributed by atoms with Crippen molar-refractivity contribution in [3.8, 4) is 0 Å². The molecule has 6 heteroatoms. The van der Waals surface area contributed by atoms with Gasteiger partial charge in [0.1, 0.15) is 0 Å². The van der Waals surface area contributed by atoms with E-state index in [9.17, 15) is 18.0 Å². The van der Waals surface area contributed by atoms with Gasteiger partial charge in [0.25, 0.3) is 5.91 Å². The molecule has 1 aromatic carbocycles. The largest absolute Gasteiger partial charge is 0.417 e. The van der Waals surface area contributed by atoms with Crippen LogP contribution in [0.5, 0.6) is 0 Å². The van der Waals surface area contributed by atoms with Crippen LogP contribution in [0.25, 0.3) is 0 Å². The number of hydrogen-bond acceptors (Lipinski definition) is 2. The van der Waals surface area contributed by atoms with Gasteiger partial charge in [0.05, 0.1) is 11.1 Å². The van der Waals surface area contributed by atoms with E-state index in [-0.39, 0.29) is 11.5 Å². The number of nitrogens with zero attached hydrogens (tertiary/aromatic N) is 1. The molecule has 0 bridgehead atoms. The highest BCUT2D eigenvalue weighted by Crippen LogP contribution is 2.33. The van der Waals surface area contributed by atoms with Crippen LogP contribution in [-0.2, 0) is 6.18 Å². The second kappa shape index (κ2) is 4.61. The van der Waals surface area contributed by atoms with Gasteiger partial charge in [-0.2, -0.15) is 13.2 Å². The van der Waals surface area contributed by atoms with Crippen molar-refractivity contribution in [1.29, 1.82) is 0 Å². The van der Waals surface area contributed by atoms with Crippen LogP contribution in [0.4, 0.5) is 13.2 Å². The van der Waals surface area contributed by atoms with E-state index in [1.807, 2.05) is 0 Å². The quantitative estimate of drug-likeness (QED) is 0.878. The van der Waals surface area contributed by atoms with Crippen molar-refractivity contribution in [3.63, 3.8) is 0 Å². The molecule has 0 atom stereocenters. The third-order valence-electron chi connectivity index (χ3n) is 3.04. The Kier molecular flexibility index (Phi) is 3.30. The van der Waals surface area contributed by atoms with Gasteiger partial charge in [0, 0.05) is 19.0 Å². The summed E-state index contributed by atoms with van der Waals surface area (Å²) < 4.78 is 38.2. The lowest BCUT2D eigenvalue weighted by Crippen LogP contribution is -2.52. The summed E-state index contributed by atoms with van der Waals surface area (Å²) in [5.74, 6) is -0.375. The summed E-state index contributed by atoms with van der Waals surface area (Å²) in [4.78, 5) is 13.3. The zero-order valence-corrected chi connectivity index (χ0v) is 9.57. The number of halogens is 3. The molecule has 1 amide bonds. The molecule has 0 spiro atoms. The summed E-state index contributed by atoms with van der Waals surface area (Å²) in [7, 11) is 0. The predicted octanol–water partition coefficient (Wildman–Crippen LogP) is 1.74. The normalized spacial score (nSPS) is 16.6. The molecule has 3 nitrogen and oxygen atoms in total. The fraction of sp³-hybridized carbons (Fsp3) is 0.417. The van der Waals surface area contributed by atoms with Crippen LogP contribution in [0.3, 0.4) is 0 Å². The Bertz CT molecular complexity index is 453. The van der Waals surface area contributed by atoms with E-state index in [2.05, 4.69) is 0 Å². The number of amides is 1. The van der Waals surface area contributed by atoms with Crippen LogP contribution in [0.1, 0.15) is 15.9 Å². The lowest BCUT2D eigenvalue weighted by Gasteiger charge is -2.39. The fourth-order valence-electron chi connectivity index (χ4n) is 1.97. The molecule has 1 aliphatic rings. The number of carbonyl (C=O) groups is 1. The number of carbonyl (C=O) groups excluding carboxylic acids is 1. The third-order valence-corrected chi connectivity index (χ3v) is 3.04. The van der Waals surface area contributed by atoms with E-state index in [0.29, 0.717) is 19.6 Å². The Morgan fingerprint density at radius 3 is 2.50 bits per heavy atom. The van der Waals surface area contributed by atoms with E-state index >= 15 is 0 Å². The molecule has 0 radical (unpaired) electrons. The highest BCUT2D eigenvalue weighted by Gasteiger charge is 2.38. The van der Waals surface area contributed by atoms with Crippen LogP contribution >= 0.6 is 0 Å². The van der Waals surface area contributed by atoms with Gasteiger partial charge < -0.3 is 10.6 Å². The number of alkyl halides is 3. The first kappa shape index (κ1) is 12.9. The first-order valence-corrected chi connectivity index (χ1v) is 5.59. The second-order valence-electron chi connectivity index (χ2n) is 4.36. The predicted molar refractivity (Wildman–Crippen MR) is 59.9 cm³/mol. The molecule has 18 heavy (non-hydrogen) atoms. The van der Waals surface area contributed by atoms with Gasteiger partial charge >= 0.3 is 6.18 Å². The number of nitrogens with two attached hydrogens (primary N) is 1. The molecular formula is C12H13F3N2O. The molecular weight excluding hydrogens is 245 g/mol. The zero-order chi connectivity index (χ0) is 13.3. The van der Waals surface area contributed by atoms with Crippen molar-refractivity contribution >= 4 is 5.91 Å². The Labute approximate surface area is 102 Å². The monoisotopic (exact) mass is 258 g/mol. The van der Waals surface area contributed by atoms with Crippen molar-refractivity contribution in [2.75, 3.05) is 19.6 Å². The molecule has 1 heterocycles. The number of rotatable bonds is 2. The van der Waals surface area contributed by atoms with Gasteiger partial charge in [0.15, 0.2) is 0 Å². The first-order valence-electron chi connectivity index (χ1n) is 5.59. The van der Waals surface area contributed by atoms with E-state index in [0.717, 1.165) is 6.07 Å². The topological polar surface area (TPSA) is 46.3 Å². The average Bonchev–Trinajstić information content (AvgIpc) is 2.26. The highest BCUT2D eigenvalue weighted by atomic mass is 19.4. The van der Waals surface area contributed by atoms with Crippen LogP contribution in [-0.4, -0.2) is 30.4 Å². The Morgan fingerprint density at radius 1 is 1.33 bits per heavy atom. The Hall–Kier alpha value is -1.56. The van der Waals surface area contributed by atoms with Gasteiger partial charge in [-0.1, -0.05) is 12.1 Å². The maximum atomic E-state index is 12.7.